The van der Waals surface area contributed by atoms with E-state index in [0.29, 0.717) is 12.0 Å². The van der Waals surface area contributed by atoms with Crippen LogP contribution in [-0.4, -0.2) is 38.1 Å². The molecule has 0 aliphatic carbocycles. The molecule has 1 aromatic carbocycles. The maximum absolute atomic E-state index is 6.48. The molecule has 0 bridgehead atoms. The highest BCUT2D eigenvalue weighted by Gasteiger charge is 2.40. The lowest BCUT2D eigenvalue weighted by Crippen LogP contribution is -2.55. The van der Waals surface area contributed by atoms with Crippen molar-refractivity contribution in [1.29, 1.82) is 0 Å². The van der Waals surface area contributed by atoms with Crippen LogP contribution in [0.5, 0.6) is 0 Å². The van der Waals surface area contributed by atoms with Gasteiger partial charge in [-0.25, -0.2) is 0 Å². The van der Waals surface area contributed by atoms with Crippen molar-refractivity contribution in [2.75, 3.05) is 32.1 Å². The average Bonchev–Trinajstić information content (AvgIpc) is 2.35. The summed E-state index contributed by atoms with van der Waals surface area (Å²) < 4.78 is 0. The van der Waals surface area contributed by atoms with Crippen LogP contribution in [0.25, 0.3) is 0 Å². The molecule has 4 heteroatoms. The van der Waals surface area contributed by atoms with E-state index >= 15 is 0 Å². The minimum absolute atomic E-state index is 0.0997. The number of hydrogen-bond donors (Lipinski definition) is 1. The van der Waals surface area contributed by atoms with E-state index in [9.17, 15) is 0 Å². The first-order valence-corrected chi connectivity index (χ1v) is 6.92. The summed E-state index contributed by atoms with van der Waals surface area (Å²) in [7, 11) is 4.36. The quantitative estimate of drug-likeness (QED) is 0.780. The minimum atomic E-state index is 0.0997. The maximum atomic E-state index is 6.48. The summed E-state index contributed by atoms with van der Waals surface area (Å²) in [6.07, 6.45) is 1.19. The molecule has 0 amide bonds. The lowest BCUT2D eigenvalue weighted by molar-refractivity contribution is 0.154. The Morgan fingerprint density at radius 3 is 2.89 bits per heavy atom. The van der Waals surface area contributed by atoms with Gasteiger partial charge in [0.1, 0.15) is 0 Å². The Morgan fingerprint density at radius 2 is 2.11 bits per heavy atom. The molecule has 2 aliphatic rings. The molecule has 1 aromatic rings. The third kappa shape index (κ3) is 1.81. The molecule has 3 rings (SSSR count). The van der Waals surface area contributed by atoms with Crippen molar-refractivity contribution in [3.05, 3.63) is 28.8 Å². The van der Waals surface area contributed by atoms with Crippen molar-refractivity contribution >= 4 is 17.3 Å². The summed E-state index contributed by atoms with van der Waals surface area (Å²) in [6.45, 7) is 2.23. The Labute approximate surface area is 114 Å². The number of nitrogens with two attached hydrogens (primary N) is 1. The van der Waals surface area contributed by atoms with Gasteiger partial charge in [-0.3, -0.25) is 0 Å². The van der Waals surface area contributed by atoms with Gasteiger partial charge in [-0.05, 0) is 43.8 Å². The fourth-order valence-electron chi connectivity index (χ4n) is 3.50. The number of benzene rings is 1. The first-order valence-electron chi connectivity index (χ1n) is 6.54. The van der Waals surface area contributed by atoms with Gasteiger partial charge in [-0.2, -0.15) is 0 Å². The van der Waals surface area contributed by atoms with Crippen LogP contribution in [0.2, 0.25) is 5.02 Å². The zero-order valence-corrected chi connectivity index (χ0v) is 11.7. The number of anilines is 1. The summed E-state index contributed by atoms with van der Waals surface area (Å²) in [5.41, 5.74) is 8.93. The van der Waals surface area contributed by atoms with Crippen LogP contribution < -0.4 is 10.6 Å². The Kier molecular flexibility index (Phi) is 3.00. The number of likely N-dealkylation sites (tertiary alicyclic amines) is 1. The van der Waals surface area contributed by atoms with Crippen molar-refractivity contribution in [3.8, 4) is 0 Å². The topological polar surface area (TPSA) is 32.5 Å². The van der Waals surface area contributed by atoms with Crippen molar-refractivity contribution < 1.29 is 0 Å². The van der Waals surface area contributed by atoms with E-state index in [4.69, 9.17) is 17.3 Å². The predicted octanol–water partition coefficient (Wildman–Crippen LogP) is 2.11. The Balaban J connectivity index is 2.03. The van der Waals surface area contributed by atoms with Crippen molar-refractivity contribution in [2.45, 2.75) is 18.5 Å². The second kappa shape index (κ2) is 4.41. The van der Waals surface area contributed by atoms with Crippen molar-refractivity contribution in [2.24, 2.45) is 11.7 Å². The van der Waals surface area contributed by atoms with E-state index in [1.165, 1.54) is 17.7 Å². The zero-order chi connectivity index (χ0) is 12.9. The fraction of sp³-hybridized carbons (Fsp3) is 0.571. The molecule has 3 nitrogen and oxygen atoms in total. The third-order valence-corrected chi connectivity index (χ3v) is 4.75. The van der Waals surface area contributed by atoms with Gasteiger partial charge in [0, 0.05) is 42.3 Å². The summed E-state index contributed by atoms with van der Waals surface area (Å²) in [5, 5.41) is 0.778. The van der Waals surface area contributed by atoms with E-state index in [0.717, 1.165) is 18.1 Å². The molecule has 0 aromatic heterocycles. The second-order valence-electron chi connectivity index (χ2n) is 5.62. The molecule has 3 atom stereocenters. The van der Waals surface area contributed by atoms with E-state index in [2.05, 4.69) is 30.0 Å². The molecule has 2 heterocycles. The van der Waals surface area contributed by atoms with Gasteiger partial charge in [-0.15, -0.1) is 0 Å². The predicted molar refractivity (Wildman–Crippen MR) is 76.2 cm³/mol. The van der Waals surface area contributed by atoms with E-state index in [1.807, 2.05) is 12.1 Å². The molecule has 0 radical (unpaired) electrons. The smallest absolute Gasteiger partial charge is 0.0415 e. The molecule has 2 N–H and O–H groups in total. The number of piperidine rings is 1. The number of hydrogen-bond acceptors (Lipinski definition) is 3. The standard InChI is InChI=1S/C14H20ClN3/c1-17-6-5-13-11(8-17)14(16)10-7-9(15)3-4-12(10)18(13)2/h3-4,7,11,13-14H,5-6,8,16H2,1-2H3. The van der Waals surface area contributed by atoms with Crippen LogP contribution in [0.4, 0.5) is 5.69 Å². The van der Waals surface area contributed by atoms with Crippen LogP contribution in [0.15, 0.2) is 18.2 Å². The Hall–Kier alpha value is -0.770. The van der Waals surface area contributed by atoms with Crippen LogP contribution in [-0.2, 0) is 0 Å². The van der Waals surface area contributed by atoms with Crippen molar-refractivity contribution in [1.82, 2.24) is 4.90 Å². The minimum Gasteiger partial charge on any atom is -0.371 e. The van der Waals surface area contributed by atoms with Crippen LogP contribution in [0.3, 0.4) is 0 Å². The maximum Gasteiger partial charge on any atom is 0.0415 e. The van der Waals surface area contributed by atoms with Crippen LogP contribution in [0, 0.1) is 5.92 Å². The van der Waals surface area contributed by atoms with E-state index < -0.39 is 0 Å². The van der Waals surface area contributed by atoms with E-state index in [1.54, 1.807) is 0 Å². The van der Waals surface area contributed by atoms with Gasteiger partial charge in [0.05, 0.1) is 0 Å². The molecule has 98 valence electrons. The summed E-state index contributed by atoms with van der Waals surface area (Å²) in [4.78, 5) is 4.77. The fourth-order valence-corrected chi connectivity index (χ4v) is 3.68. The summed E-state index contributed by atoms with van der Waals surface area (Å²) in [6, 6.07) is 6.75. The molecule has 0 spiro atoms. The first kappa shape index (κ1) is 12.3. The average molecular weight is 266 g/mol. The SMILES string of the molecule is CN1CCC2C(C1)C(N)c1cc(Cl)ccc1N2C. The van der Waals surface area contributed by atoms with Gasteiger partial charge in [0.15, 0.2) is 0 Å². The van der Waals surface area contributed by atoms with Gasteiger partial charge >= 0.3 is 0 Å². The molecule has 2 aliphatic heterocycles. The van der Waals surface area contributed by atoms with Gasteiger partial charge in [-0.1, -0.05) is 11.6 Å². The Morgan fingerprint density at radius 1 is 1.33 bits per heavy atom. The van der Waals surface area contributed by atoms with E-state index in [-0.39, 0.29) is 6.04 Å². The third-order valence-electron chi connectivity index (χ3n) is 4.51. The molecular weight excluding hydrogens is 246 g/mol. The zero-order valence-electron chi connectivity index (χ0n) is 10.9. The molecule has 1 fully saturated rings. The largest absolute Gasteiger partial charge is 0.371 e. The van der Waals surface area contributed by atoms with Gasteiger partial charge in [0.2, 0.25) is 0 Å². The number of halogens is 1. The van der Waals surface area contributed by atoms with Crippen LogP contribution in [0.1, 0.15) is 18.0 Å². The van der Waals surface area contributed by atoms with Gasteiger partial charge in [0.25, 0.3) is 0 Å². The molecule has 0 saturated carbocycles. The van der Waals surface area contributed by atoms with Crippen molar-refractivity contribution in [3.63, 3.8) is 0 Å². The molecule has 1 saturated heterocycles. The molecule has 3 unspecified atom stereocenters. The second-order valence-corrected chi connectivity index (χ2v) is 6.06. The summed E-state index contributed by atoms with van der Waals surface area (Å²) in [5.74, 6) is 0.500. The molecule has 18 heavy (non-hydrogen) atoms. The monoisotopic (exact) mass is 265 g/mol. The number of rotatable bonds is 0. The normalized spacial score (nSPS) is 32.0. The highest BCUT2D eigenvalue weighted by Crippen LogP contribution is 2.42. The first-order chi connectivity index (χ1) is 8.58. The summed E-state index contributed by atoms with van der Waals surface area (Å²) >= 11 is 6.11. The highest BCUT2D eigenvalue weighted by atomic mass is 35.5. The lowest BCUT2D eigenvalue weighted by atomic mass is 9.78. The highest BCUT2D eigenvalue weighted by molar-refractivity contribution is 6.30. The Bertz CT molecular complexity index is 462. The molecular formula is C14H20ClN3. The van der Waals surface area contributed by atoms with Gasteiger partial charge < -0.3 is 15.5 Å². The van der Waals surface area contributed by atoms with Crippen LogP contribution >= 0.6 is 11.6 Å². The lowest BCUT2D eigenvalue weighted by Gasteiger charge is -2.49. The number of nitrogens with zero attached hydrogens (tertiary/aromatic N) is 2. The number of fused-ring (bicyclic) bond motifs is 2.